The van der Waals surface area contributed by atoms with Gasteiger partial charge in [-0.25, -0.2) is 0 Å². The van der Waals surface area contributed by atoms with E-state index < -0.39 is 0 Å². The second-order valence-corrected chi connectivity index (χ2v) is 8.05. The van der Waals surface area contributed by atoms with Gasteiger partial charge in [0.15, 0.2) is 0 Å². The average Bonchev–Trinajstić information content (AvgIpc) is 2.37. The molecular formula is C16H28O. The first-order chi connectivity index (χ1) is 7.94. The van der Waals surface area contributed by atoms with Crippen molar-refractivity contribution in [3.05, 3.63) is 0 Å². The van der Waals surface area contributed by atoms with E-state index in [2.05, 4.69) is 20.8 Å². The van der Waals surface area contributed by atoms with Gasteiger partial charge in [0, 0.05) is 0 Å². The third kappa shape index (κ3) is 1.69. The van der Waals surface area contributed by atoms with E-state index in [-0.39, 0.29) is 6.10 Å². The van der Waals surface area contributed by atoms with Crippen LogP contribution in [0.4, 0.5) is 0 Å². The quantitative estimate of drug-likeness (QED) is 0.674. The monoisotopic (exact) mass is 236 g/mol. The number of aliphatic hydroxyl groups excluding tert-OH is 1. The largest absolute Gasteiger partial charge is 0.393 e. The van der Waals surface area contributed by atoms with E-state index in [1.807, 2.05) is 0 Å². The fourth-order valence-electron chi connectivity index (χ4n) is 5.97. The number of fused-ring (bicyclic) bond motifs is 4. The number of aliphatic hydroxyl groups is 1. The minimum absolute atomic E-state index is 0.0249. The van der Waals surface area contributed by atoms with Crippen LogP contribution in [0, 0.1) is 28.6 Å². The van der Waals surface area contributed by atoms with Crippen molar-refractivity contribution < 1.29 is 5.11 Å². The van der Waals surface area contributed by atoms with Crippen molar-refractivity contribution in [1.29, 1.82) is 0 Å². The minimum Gasteiger partial charge on any atom is -0.393 e. The molecule has 0 amide bonds. The maximum atomic E-state index is 10.5. The lowest BCUT2D eigenvalue weighted by molar-refractivity contribution is -0.218. The van der Waals surface area contributed by atoms with Gasteiger partial charge in [-0.15, -0.1) is 0 Å². The number of hydrogen-bond donors (Lipinski definition) is 1. The van der Waals surface area contributed by atoms with E-state index in [1.54, 1.807) is 0 Å². The normalized spacial score (nSPS) is 52.9. The predicted molar refractivity (Wildman–Crippen MR) is 70.7 cm³/mol. The second kappa shape index (κ2) is 3.73. The Morgan fingerprint density at radius 3 is 2.47 bits per heavy atom. The molecule has 0 aromatic carbocycles. The molecule has 0 saturated heterocycles. The summed E-state index contributed by atoms with van der Waals surface area (Å²) in [6.07, 6.45) is 9.42. The highest BCUT2D eigenvalue weighted by Crippen LogP contribution is 2.68. The summed E-state index contributed by atoms with van der Waals surface area (Å²) in [6, 6.07) is 0. The van der Waals surface area contributed by atoms with Crippen molar-refractivity contribution in [1.82, 2.24) is 0 Å². The molecule has 0 aliphatic heterocycles. The van der Waals surface area contributed by atoms with Crippen LogP contribution in [0.1, 0.15) is 65.7 Å². The third-order valence-electron chi connectivity index (χ3n) is 6.17. The van der Waals surface area contributed by atoms with Gasteiger partial charge < -0.3 is 5.11 Å². The maximum absolute atomic E-state index is 10.5. The number of hydrogen-bond acceptors (Lipinski definition) is 1. The van der Waals surface area contributed by atoms with E-state index >= 15 is 0 Å². The van der Waals surface area contributed by atoms with Crippen molar-refractivity contribution in [2.24, 2.45) is 28.6 Å². The maximum Gasteiger partial charge on any atom is 0.0581 e. The lowest BCUT2D eigenvalue weighted by atomic mass is 9.38. The van der Waals surface area contributed by atoms with Gasteiger partial charge in [0.25, 0.3) is 0 Å². The van der Waals surface area contributed by atoms with E-state index in [1.165, 1.54) is 38.5 Å². The smallest absolute Gasteiger partial charge is 0.0581 e. The molecule has 0 radical (unpaired) electrons. The Morgan fingerprint density at radius 1 is 1.00 bits per heavy atom. The van der Waals surface area contributed by atoms with Crippen molar-refractivity contribution in [2.75, 3.05) is 0 Å². The predicted octanol–water partition coefficient (Wildman–Crippen LogP) is 4.00. The first kappa shape index (κ1) is 12.0. The molecule has 3 fully saturated rings. The molecule has 3 aliphatic rings. The zero-order valence-corrected chi connectivity index (χ0v) is 11.7. The summed E-state index contributed by atoms with van der Waals surface area (Å²) in [5.74, 6) is 2.40. The summed E-state index contributed by atoms with van der Waals surface area (Å²) in [7, 11) is 0. The molecule has 0 spiro atoms. The van der Waals surface area contributed by atoms with Gasteiger partial charge in [-0.2, -0.15) is 0 Å². The van der Waals surface area contributed by atoms with Crippen molar-refractivity contribution >= 4 is 0 Å². The van der Waals surface area contributed by atoms with E-state index in [4.69, 9.17) is 0 Å². The Hall–Kier alpha value is -0.0400. The molecule has 5 atom stereocenters. The fraction of sp³-hybridized carbons (Fsp3) is 1.00. The van der Waals surface area contributed by atoms with Crippen LogP contribution >= 0.6 is 0 Å². The van der Waals surface area contributed by atoms with Crippen LogP contribution in [-0.4, -0.2) is 11.2 Å². The first-order valence-corrected chi connectivity index (χ1v) is 7.62. The molecule has 5 unspecified atom stereocenters. The molecule has 0 bridgehead atoms. The molecule has 0 aromatic rings. The highest BCUT2D eigenvalue weighted by Gasteiger charge is 2.64. The van der Waals surface area contributed by atoms with Gasteiger partial charge in [0.2, 0.25) is 0 Å². The molecule has 0 heterocycles. The summed E-state index contributed by atoms with van der Waals surface area (Å²) in [5, 5.41) is 10.5. The SMILES string of the molecule is CC1(C)CC(O)C2C3CCCCCC3C2(C)C1. The molecule has 1 N–H and O–H groups in total. The third-order valence-corrected chi connectivity index (χ3v) is 6.17. The lowest BCUT2D eigenvalue weighted by Gasteiger charge is -2.67. The fourth-order valence-corrected chi connectivity index (χ4v) is 5.97. The Bertz CT molecular complexity index is 309. The summed E-state index contributed by atoms with van der Waals surface area (Å²) < 4.78 is 0. The Balaban J connectivity index is 1.87. The van der Waals surface area contributed by atoms with E-state index in [0.717, 1.165) is 18.3 Å². The highest BCUT2D eigenvalue weighted by molar-refractivity contribution is 5.12. The summed E-state index contributed by atoms with van der Waals surface area (Å²) in [4.78, 5) is 0. The molecule has 17 heavy (non-hydrogen) atoms. The van der Waals surface area contributed by atoms with Crippen LogP contribution < -0.4 is 0 Å². The van der Waals surface area contributed by atoms with E-state index in [9.17, 15) is 5.11 Å². The molecule has 98 valence electrons. The first-order valence-electron chi connectivity index (χ1n) is 7.62. The zero-order chi connectivity index (χ0) is 12.3. The standard InChI is InChI=1S/C16H28O/c1-15(2)9-13(17)14-11-7-5-4-6-8-12(11)16(14,3)10-15/h11-14,17H,4-10H2,1-3H3. The van der Waals surface area contributed by atoms with Gasteiger partial charge in [-0.1, -0.05) is 40.0 Å². The molecule has 3 saturated carbocycles. The molecule has 0 aromatic heterocycles. The van der Waals surface area contributed by atoms with Crippen molar-refractivity contribution in [3.8, 4) is 0 Å². The molecule has 1 nitrogen and oxygen atoms in total. The van der Waals surface area contributed by atoms with Gasteiger partial charge in [0.1, 0.15) is 0 Å². The molecular weight excluding hydrogens is 208 g/mol. The Labute approximate surface area is 106 Å². The summed E-state index contributed by atoms with van der Waals surface area (Å²) in [6.45, 7) is 7.18. The summed E-state index contributed by atoms with van der Waals surface area (Å²) >= 11 is 0. The highest BCUT2D eigenvalue weighted by atomic mass is 16.3. The van der Waals surface area contributed by atoms with Crippen molar-refractivity contribution in [2.45, 2.75) is 71.8 Å². The van der Waals surface area contributed by atoms with Crippen LogP contribution in [0.3, 0.4) is 0 Å². The van der Waals surface area contributed by atoms with Crippen LogP contribution in [0.5, 0.6) is 0 Å². The van der Waals surface area contributed by atoms with Gasteiger partial charge >= 0.3 is 0 Å². The van der Waals surface area contributed by atoms with Gasteiger partial charge in [-0.3, -0.25) is 0 Å². The minimum atomic E-state index is -0.0249. The van der Waals surface area contributed by atoms with Crippen molar-refractivity contribution in [3.63, 3.8) is 0 Å². The molecule has 3 aliphatic carbocycles. The molecule has 1 heteroatoms. The average molecular weight is 236 g/mol. The van der Waals surface area contributed by atoms with Crippen LogP contribution in [0.2, 0.25) is 0 Å². The lowest BCUT2D eigenvalue weighted by Crippen LogP contribution is -2.63. The topological polar surface area (TPSA) is 20.2 Å². The Morgan fingerprint density at radius 2 is 1.71 bits per heavy atom. The van der Waals surface area contributed by atoms with Gasteiger partial charge in [-0.05, 0) is 54.3 Å². The van der Waals surface area contributed by atoms with Crippen LogP contribution in [-0.2, 0) is 0 Å². The van der Waals surface area contributed by atoms with Gasteiger partial charge in [0.05, 0.1) is 6.10 Å². The second-order valence-electron chi connectivity index (χ2n) is 8.05. The Kier molecular flexibility index (Phi) is 2.63. The van der Waals surface area contributed by atoms with E-state index in [0.29, 0.717) is 16.7 Å². The number of rotatable bonds is 0. The zero-order valence-electron chi connectivity index (χ0n) is 11.7. The molecule has 3 rings (SSSR count). The summed E-state index contributed by atoms with van der Waals surface area (Å²) in [5.41, 5.74) is 0.804. The van der Waals surface area contributed by atoms with Crippen LogP contribution in [0.25, 0.3) is 0 Å². The van der Waals surface area contributed by atoms with Crippen LogP contribution in [0.15, 0.2) is 0 Å².